The highest BCUT2D eigenvalue weighted by atomic mass is 79.9. The summed E-state index contributed by atoms with van der Waals surface area (Å²) in [6.45, 7) is 6.11. The minimum Gasteiger partial charge on any atom is -0.294 e. The predicted octanol–water partition coefficient (Wildman–Crippen LogP) is 4.29. The SMILES string of the molecule is Cc1cc(C(=O)C(C)C2CC2)c(C)cc1Br. The lowest BCUT2D eigenvalue weighted by atomic mass is 9.91. The number of carbonyl (C=O) groups is 1. The van der Waals surface area contributed by atoms with Crippen molar-refractivity contribution in [3.63, 3.8) is 0 Å². The highest BCUT2D eigenvalue weighted by molar-refractivity contribution is 9.10. The molecule has 1 atom stereocenters. The molecule has 1 fully saturated rings. The number of rotatable bonds is 3. The maximum Gasteiger partial charge on any atom is 0.166 e. The maximum absolute atomic E-state index is 12.3. The molecule has 0 aromatic heterocycles. The normalized spacial score (nSPS) is 17.2. The molecule has 0 amide bonds. The van der Waals surface area contributed by atoms with E-state index in [4.69, 9.17) is 0 Å². The highest BCUT2D eigenvalue weighted by Crippen LogP contribution is 2.38. The predicted molar refractivity (Wildman–Crippen MR) is 69.8 cm³/mol. The van der Waals surface area contributed by atoms with Gasteiger partial charge in [0.2, 0.25) is 0 Å². The second kappa shape index (κ2) is 4.33. The third kappa shape index (κ3) is 2.22. The number of ketones is 1. The number of carbonyl (C=O) groups excluding carboxylic acids is 1. The molecule has 0 spiro atoms. The van der Waals surface area contributed by atoms with Crippen molar-refractivity contribution >= 4 is 21.7 Å². The van der Waals surface area contributed by atoms with E-state index >= 15 is 0 Å². The van der Waals surface area contributed by atoms with E-state index in [0.29, 0.717) is 11.7 Å². The monoisotopic (exact) mass is 280 g/mol. The molecule has 0 saturated heterocycles. The summed E-state index contributed by atoms with van der Waals surface area (Å²) in [5.74, 6) is 1.14. The fourth-order valence-corrected chi connectivity index (χ4v) is 2.56. The van der Waals surface area contributed by atoms with Crippen LogP contribution in [-0.4, -0.2) is 5.78 Å². The minimum atomic E-state index is 0.194. The third-order valence-corrected chi connectivity index (χ3v) is 4.37. The van der Waals surface area contributed by atoms with Crippen LogP contribution in [0, 0.1) is 25.7 Å². The van der Waals surface area contributed by atoms with Crippen LogP contribution in [0.5, 0.6) is 0 Å². The Hall–Kier alpha value is -0.630. The van der Waals surface area contributed by atoms with Gasteiger partial charge in [0, 0.05) is 16.0 Å². The summed E-state index contributed by atoms with van der Waals surface area (Å²) in [6, 6.07) is 4.06. The Morgan fingerprint density at radius 2 is 1.94 bits per heavy atom. The van der Waals surface area contributed by atoms with Crippen LogP contribution in [0.2, 0.25) is 0 Å². The topological polar surface area (TPSA) is 17.1 Å². The molecule has 2 rings (SSSR count). The minimum absolute atomic E-state index is 0.194. The average Bonchev–Trinajstić information content (AvgIpc) is 3.05. The van der Waals surface area contributed by atoms with Crippen LogP contribution in [0.4, 0.5) is 0 Å². The van der Waals surface area contributed by atoms with Crippen LogP contribution in [-0.2, 0) is 0 Å². The van der Waals surface area contributed by atoms with E-state index < -0.39 is 0 Å². The van der Waals surface area contributed by atoms with Gasteiger partial charge in [0.15, 0.2) is 5.78 Å². The number of aryl methyl sites for hydroxylation is 2. The van der Waals surface area contributed by atoms with Gasteiger partial charge in [-0.3, -0.25) is 4.79 Å². The van der Waals surface area contributed by atoms with Crippen LogP contribution in [0.15, 0.2) is 16.6 Å². The highest BCUT2D eigenvalue weighted by Gasteiger charge is 2.33. The molecule has 1 unspecified atom stereocenters. The summed E-state index contributed by atoms with van der Waals surface area (Å²) in [5.41, 5.74) is 3.12. The van der Waals surface area contributed by atoms with Crippen molar-refractivity contribution in [2.24, 2.45) is 11.8 Å². The maximum atomic E-state index is 12.3. The van der Waals surface area contributed by atoms with Gasteiger partial charge in [-0.25, -0.2) is 0 Å². The van der Waals surface area contributed by atoms with Gasteiger partial charge in [0.25, 0.3) is 0 Å². The van der Waals surface area contributed by atoms with E-state index in [1.165, 1.54) is 12.8 Å². The molecule has 0 heterocycles. The van der Waals surface area contributed by atoms with Gasteiger partial charge < -0.3 is 0 Å². The van der Waals surface area contributed by atoms with E-state index in [9.17, 15) is 4.79 Å². The molecule has 1 aliphatic rings. The fraction of sp³-hybridized carbons (Fsp3) is 0.500. The van der Waals surface area contributed by atoms with Crippen molar-refractivity contribution in [3.8, 4) is 0 Å². The zero-order valence-corrected chi connectivity index (χ0v) is 11.6. The van der Waals surface area contributed by atoms with Crippen molar-refractivity contribution < 1.29 is 4.79 Å². The van der Waals surface area contributed by atoms with E-state index in [1.807, 2.05) is 26.0 Å². The lowest BCUT2D eigenvalue weighted by Crippen LogP contribution is -2.14. The van der Waals surface area contributed by atoms with Crippen LogP contribution < -0.4 is 0 Å². The Bertz CT molecular complexity index is 433. The lowest BCUT2D eigenvalue weighted by molar-refractivity contribution is 0.0915. The summed E-state index contributed by atoms with van der Waals surface area (Å²) < 4.78 is 1.08. The number of Topliss-reactive ketones (excluding diaryl/α,β-unsaturated/α-hetero) is 1. The van der Waals surface area contributed by atoms with Crippen molar-refractivity contribution in [2.45, 2.75) is 33.6 Å². The van der Waals surface area contributed by atoms with Crippen LogP contribution >= 0.6 is 15.9 Å². The van der Waals surface area contributed by atoms with E-state index in [2.05, 4.69) is 22.9 Å². The van der Waals surface area contributed by atoms with Crippen LogP contribution in [0.1, 0.15) is 41.3 Å². The van der Waals surface area contributed by atoms with Crippen molar-refractivity contribution in [2.75, 3.05) is 0 Å². The number of hydrogen-bond donors (Lipinski definition) is 0. The first-order chi connectivity index (χ1) is 7.50. The summed E-state index contributed by atoms with van der Waals surface area (Å²) in [6.07, 6.45) is 2.45. The molecule has 0 radical (unpaired) electrons. The lowest BCUT2D eigenvalue weighted by Gasteiger charge is -2.12. The Balaban J connectivity index is 2.32. The van der Waals surface area contributed by atoms with Gasteiger partial charge in [-0.05, 0) is 55.9 Å². The molecule has 1 aromatic rings. The molecule has 1 nitrogen and oxygen atoms in total. The van der Waals surface area contributed by atoms with Crippen molar-refractivity contribution in [1.82, 2.24) is 0 Å². The first-order valence-electron chi connectivity index (χ1n) is 5.81. The van der Waals surface area contributed by atoms with Gasteiger partial charge in [-0.2, -0.15) is 0 Å². The molecular weight excluding hydrogens is 264 g/mol. The molecule has 1 aromatic carbocycles. The molecule has 1 saturated carbocycles. The van der Waals surface area contributed by atoms with Crippen molar-refractivity contribution in [1.29, 1.82) is 0 Å². The molecule has 2 heteroatoms. The standard InChI is InChI=1S/C14H17BrO/c1-8-7-13(15)9(2)6-12(8)14(16)10(3)11-4-5-11/h6-7,10-11H,4-5H2,1-3H3. The molecule has 0 N–H and O–H groups in total. The summed E-state index contributed by atoms with van der Waals surface area (Å²) in [5, 5.41) is 0. The average molecular weight is 281 g/mol. The van der Waals surface area contributed by atoms with Gasteiger partial charge in [0.05, 0.1) is 0 Å². The third-order valence-electron chi connectivity index (χ3n) is 3.51. The molecule has 0 bridgehead atoms. The van der Waals surface area contributed by atoms with Gasteiger partial charge >= 0.3 is 0 Å². The van der Waals surface area contributed by atoms with Gasteiger partial charge in [0.1, 0.15) is 0 Å². The molecule has 16 heavy (non-hydrogen) atoms. The Morgan fingerprint density at radius 1 is 1.31 bits per heavy atom. The molecular formula is C14H17BrO. The van der Waals surface area contributed by atoms with E-state index in [-0.39, 0.29) is 5.92 Å². The fourth-order valence-electron chi connectivity index (χ4n) is 2.10. The number of hydrogen-bond acceptors (Lipinski definition) is 1. The summed E-state index contributed by atoms with van der Waals surface area (Å²) >= 11 is 3.50. The summed E-state index contributed by atoms with van der Waals surface area (Å²) in [4.78, 5) is 12.3. The second-order valence-corrected chi connectivity index (χ2v) is 5.76. The Labute approximate surface area is 105 Å². The number of halogens is 1. The Kier molecular flexibility index (Phi) is 3.20. The van der Waals surface area contributed by atoms with Crippen LogP contribution in [0.3, 0.4) is 0 Å². The summed E-state index contributed by atoms with van der Waals surface area (Å²) in [7, 11) is 0. The van der Waals surface area contributed by atoms with E-state index in [1.54, 1.807) is 0 Å². The Morgan fingerprint density at radius 3 is 2.50 bits per heavy atom. The zero-order chi connectivity index (χ0) is 11.9. The molecule has 1 aliphatic carbocycles. The second-order valence-electron chi connectivity index (χ2n) is 4.91. The first-order valence-corrected chi connectivity index (χ1v) is 6.61. The van der Waals surface area contributed by atoms with Crippen molar-refractivity contribution in [3.05, 3.63) is 33.3 Å². The van der Waals surface area contributed by atoms with Crippen LogP contribution in [0.25, 0.3) is 0 Å². The smallest absolute Gasteiger partial charge is 0.166 e. The molecule has 0 aliphatic heterocycles. The zero-order valence-electron chi connectivity index (χ0n) is 10.0. The number of benzene rings is 1. The van der Waals surface area contributed by atoms with Gasteiger partial charge in [-0.1, -0.05) is 22.9 Å². The quantitative estimate of drug-likeness (QED) is 0.755. The molecule has 86 valence electrons. The largest absolute Gasteiger partial charge is 0.294 e. The van der Waals surface area contributed by atoms with Gasteiger partial charge in [-0.15, -0.1) is 0 Å². The first kappa shape index (κ1) is 11.8. The van der Waals surface area contributed by atoms with E-state index in [0.717, 1.165) is 21.2 Å².